The van der Waals surface area contributed by atoms with Crippen LogP contribution in [0, 0.1) is 0 Å². The fourth-order valence-corrected chi connectivity index (χ4v) is 0.101. The molecule has 0 aromatic heterocycles. The molecule has 3 nitrogen and oxygen atoms in total. The molecule has 3 radical (unpaired) electrons. The number of hydrogen-bond acceptors (Lipinski definition) is 1. The third-order valence-corrected chi connectivity index (χ3v) is 0.563. The number of carbonyl (C=O) groups excluding carboxylic acids is 1. The Labute approximate surface area is 48.5 Å². The maximum Gasteiger partial charge on any atom is 0.248 e. The van der Waals surface area contributed by atoms with Crippen molar-refractivity contribution in [2.45, 2.75) is 0 Å². The summed E-state index contributed by atoms with van der Waals surface area (Å²) in [5.41, 5.74) is 4.99. The average molecular weight is 111 g/mol. The molecule has 0 aliphatic carbocycles. The van der Waals surface area contributed by atoms with Crippen LogP contribution in [0.3, 0.4) is 0 Å². The lowest BCUT2D eigenvalue weighted by atomic mass is 10.3. The summed E-state index contributed by atoms with van der Waals surface area (Å²) in [7, 11) is 0. The monoisotopic (exact) mass is 111 g/mol. The summed E-state index contributed by atoms with van der Waals surface area (Å²) >= 11 is 0. The molecule has 0 aromatic carbocycles. The van der Waals surface area contributed by atoms with Crippen LogP contribution in [0.4, 0.5) is 0 Å². The third-order valence-electron chi connectivity index (χ3n) is 0.563. The molecule has 0 rings (SSSR count). The first-order chi connectivity index (χ1) is 3.18. The summed E-state index contributed by atoms with van der Waals surface area (Å²) in [6, 6.07) is 0. The second-order valence-corrected chi connectivity index (χ2v) is 1.09. The standard InChI is InChI=1S/C5H7NO.N/c1-3-4(2)5(6)7;/h3H,1-2H2,(H2,6,7);. The van der Waals surface area contributed by atoms with Gasteiger partial charge < -0.3 is 5.73 Å². The third kappa shape index (κ3) is 3.11. The highest BCUT2D eigenvalue weighted by Crippen LogP contribution is 1.84. The number of hydrogen-bond donors (Lipinski definition) is 1. The molecule has 1 amide bonds. The zero-order valence-corrected chi connectivity index (χ0v) is 4.42. The second kappa shape index (κ2) is 4.08. The molecule has 43 valence electrons. The van der Waals surface area contributed by atoms with E-state index in [2.05, 4.69) is 13.2 Å². The van der Waals surface area contributed by atoms with Crippen molar-refractivity contribution in [2.75, 3.05) is 0 Å². The highest BCUT2D eigenvalue weighted by Gasteiger charge is 1.90. The summed E-state index contributed by atoms with van der Waals surface area (Å²) in [6.45, 7) is 6.56. The van der Waals surface area contributed by atoms with E-state index in [1.807, 2.05) is 0 Å². The van der Waals surface area contributed by atoms with Crippen LogP contribution >= 0.6 is 0 Å². The first kappa shape index (κ1) is 10.0. The van der Waals surface area contributed by atoms with Gasteiger partial charge in [0.15, 0.2) is 0 Å². The van der Waals surface area contributed by atoms with Gasteiger partial charge in [0.2, 0.25) is 5.91 Å². The summed E-state index contributed by atoms with van der Waals surface area (Å²) in [4.78, 5) is 9.98. The molecule has 0 fully saturated rings. The van der Waals surface area contributed by atoms with Crippen LogP contribution in [0.25, 0.3) is 0 Å². The zero-order chi connectivity index (χ0) is 5.86. The van der Waals surface area contributed by atoms with Crippen molar-refractivity contribution in [1.82, 2.24) is 6.15 Å². The molecule has 0 bridgehead atoms. The van der Waals surface area contributed by atoms with Crippen molar-refractivity contribution in [3.8, 4) is 0 Å². The highest BCUT2D eigenvalue weighted by atomic mass is 16.1. The van der Waals surface area contributed by atoms with Crippen LogP contribution < -0.4 is 11.9 Å². The second-order valence-electron chi connectivity index (χ2n) is 1.09. The molecule has 0 unspecified atom stereocenters. The first-order valence-electron chi connectivity index (χ1n) is 1.79. The Kier molecular flexibility index (Phi) is 5.10. The van der Waals surface area contributed by atoms with Crippen LogP contribution in [-0.4, -0.2) is 5.91 Å². The van der Waals surface area contributed by atoms with Crippen LogP contribution in [0.15, 0.2) is 24.8 Å². The quantitative estimate of drug-likeness (QED) is 0.386. The van der Waals surface area contributed by atoms with Gasteiger partial charge in [-0.2, -0.15) is 0 Å². The smallest absolute Gasteiger partial charge is 0.248 e. The molecule has 3 heteroatoms. The van der Waals surface area contributed by atoms with Gasteiger partial charge in [0.25, 0.3) is 0 Å². The van der Waals surface area contributed by atoms with Gasteiger partial charge in [-0.05, 0) is 0 Å². The summed E-state index contributed by atoms with van der Waals surface area (Å²) in [6.07, 6.45) is 1.32. The van der Waals surface area contributed by atoms with Crippen molar-refractivity contribution in [3.05, 3.63) is 24.8 Å². The van der Waals surface area contributed by atoms with Gasteiger partial charge in [-0.15, -0.1) is 0 Å². The maximum atomic E-state index is 9.98. The average Bonchev–Trinajstić information content (AvgIpc) is 1.65. The van der Waals surface area contributed by atoms with Crippen molar-refractivity contribution in [1.29, 1.82) is 0 Å². The number of amides is 1. The normalized spacial score (nSPS) is 6.50. The SMILES string of the molecule is C=CC(=C)C(N)=O.[N]. The van der Waals surface area contributed by atoms with E-state index in [-0.39, 0.29) is 11.7 Å². The van der Waals surface area contributed by atoms with Crippen molar-refractivity contribution in [2.24, 2.45) is 5.73 Å². The summed E-state index contributed by atoms with van der Waals surface area (Å²) in [5.74, 6) is -0.519. The zero-order valence-electron chi connectivity index (χ0n) is 4.42. The Balaban J connectivity index is 0. The molecule has 0 atom stereocenters. The minimum absolute atomic E-state index is 0. The van der Waals surface area contributed by atoms with E-state index in [9.17, 15) is 4.79 Å². The minimum Gasteiger partial charge on any atom is -0.366 e. The number of rotatable bonds is 2. The molecule has 0 saturated carbocycles. The first-order valence-corrected chi connectivity index (χ1v) is 1.79. The van der Waals surface area contributed by atoms with Crippen molar-refractivity contribution in [3.63, 3.8) is 0 Å². The van der Waals surface area contributed by atoms with Crippen molar-refractivity contribution < 1.29 is 4.79 Å². The molecule has 0 saturated heterocycles. The van der Waals surface area contributed by atoms with Crippen LogP contribution in [0.1, 0.15) is 0 Å². The summed E-state index contributed by atoms with van der Waals surface area (Å²) < 4.78 is 0. The predicted molar refractivity (Wildman–Crippen MR) is 30.7 cm³/mol. The Morgan fingerprint density at radius 3 is 2.00 bits per heavy atom. The topological polar surface area (TPSA) is 73.6 Å². The van der Waals surface area contributed by atoms with Gasteiger partial charge in [-0.3, -0.25) is 4.79 Å². The Bertz CT molecular complexity index is 118. The molecular weight excluding hydrogens is 104 g/mol. The fourth-order valence-electron chi connectivity index (χ4n) is 0.101. The molecule has 2 N–H and O–H groups in total. The summed E-state index contributed by atoms with van der Waals surface area (Å²) in [5, 5.41) is 0. The van der Waals surface area contributed by atoms with E-state index in [1.165, 1.54) is 6.08 Å². The number of carbonyl (C=O) groups is 1. The lowest BCUT2D eigenvalue weighted by Crippen LogP contribution is -2.10. The van der Waals surface area contributed by atoms with Gasteiger partial charge >= 0.3 is 0 Å². The van der Waals surface area contributed by atoms with E-state index >= 15 is 0 Å². The Morgan fingerprint density at radius 2 is 2.00 bits per heavy atom. The van der Waals surface area contributed by atoms with Crippen LogP contribution in [-0.2, 0) is 4.79 Å². The Hall–Kier alpha value is -1.09. The van der Waals surface area contributed by atoms with E-state index < -0.39 is 5.91 Å². The lowest BCUT2D eigenvalue weighted by molar-refractivity contribution is -0.114. The molecule has 0 aliphatic rings. The number of nitrogens with zero attached hydrogens (tertiary/aromatic N) is 1. The van der Waals surface area contributed by atoms with Gasteiger partial charge in [0, 0.05) is 11.7 Å². The lowest BCUT2D eigenvalue weighted by Gasteiger charge is -1.84. The van der Waals surface area contributed by atoms with Crippen molar-refractivity contribution >= 4 is 5.91 Å². The Morgan fingerprint density at radius 1 is 1.62 bits per heavy atom. The molecule has 0 aromatic rings. The van der Waals surface area contributed by atoms with Gasteiger partial charge in [0.05, 0.1) is 0 Å². The molecular formula is C5H7N2O. The van der Waals surface area contributed by atoms with Gasteiger partial charge in [-0.1, -0.05) is 19.2 Å². The van der Waals surface area contributed by atoms with Gasteiger partial charge in [0.1, 0.15) is 0 Å². The number of primary amides is 1. The van der Waals surface area contributed by atoms with Crippen LogP contribution in [0.2, 0.25) is 0 Å². The maximum absolute atomic E-state index is 9.98. The van der Waals surface area contributed by atoms with E-state index in [4.69, 9.17) is 5.73 Å². The van der Waals surface area contributed by atoms with E-state index in [1.54, 1.807) is 0 Å². The molecule has 0 aliphatic heterocycles. The molecule has 0 spiro atoms. The molecule has 0 heterocycles. The van der Waals surface area contributed by atoms with E-state index in [0.717, 1.165) is 0 Å². The highest BCUT2D eigenvalue weighted by molar-refractivity contribution is 5.93. The fraction of sp³-hybridized carbons (Fsp3) is 0. The minimum atomic E-state index is -0.519. The van der Waals surface area contributed by atoms with Crippen LogP contribution in [0.5, 0.6) is 0 Å². The van der Waals surface area contributed by atoms with Gasteiger partial charge in [-0.25, -0.2) is 0 Å². The molecule has 8 heavy (non-hydrogen) atoms. The van der Waals surface area contributed by atoms with E-state index in [0.29, 0.717) is 0 Å². The number of nitrogens with two attached hydrogens (primary N) is 1. The predicted octanol–water partition coefficient (Wildman–Crippen LogP) is -0.267. The largest absolute Gasteiger partial charge is 0.366 e.